The van der Waals surface area contributed by atoms with Crippen molar-refractivity contribution in [3.63, 3.8) is 0 Å². The van der Waals surface area contributed by atoms with Crippen molar-refractivity contribution in [1.82, 2.24) is 0 Å². The number of anilines is 1. The molecule has 116 valence electrons. The van der Waals surface area contributed by atoms with Crippen molar-refractivity contribution in [1.29, 1.82) is 0 Å². The highest BCUT2D eigenvalue weighted by Gasteiger charge is 2.10. The number of nitrogens with two attached hydrogens (primary N) is 2. The molecule has 0 aromatic heterocycles. The molecule has 0 spiro atoms. The summed E-state index contributed by atoms with van der Waals surface area (Å²) in [4.78, 5) is 0. The van der Waals surface area contributed by atoms with E-state index < -0.39 is 0 Å². The summed E-state index contributed by atoms with van der Waals surface area (Å²) in [5.41, 5.74) is 18.1. The van der Waals surface area contributed by atoms with Crippen LogP contribution in [0.3, 0.4) is 0 Å². The molecule has 0 saturated carbocycles. The number of hydrogen-bond donors (Lipinski definition) is 2. The zero-order chi connectivity index (χ0) is 16.4. The molecule has 3 aromatic rings. The molecule has 3 aromatic carbocycles. The van der Waals surface area contributed by atoms with Gasteiger partial charge >= 0.3 is 0 Å². The SMILES string of the molecule is Cc1cc(-c2ccccc2-c2ccc(N)c(CN)c2)ccc1F. The highest BCUT2D eigenvalue weighted by Crippen LogP contribution is 2.34. The Bertz CT molecular complexity index is 856. The second-order valence-electron chi connectivity index (χ2n) is 5.63. The van der Waals surface area contributed by atoms with Gasteiger partial charge in [-0.2, -0.15) is 0 Å². The fourth-order valence-electron chi connectivity index (χ4n) is 2.75. The maximum absolute atomic E-state index is 13.6. The number of aryl methyl sites for hydroxylation is 1. The predicted octanol–water partition coefficient (Wildman–Crippen LogP) is 4.51. The van der Waals surface area contributed by atoms with Crippen molar-refractivity contribution >= 4 is 5.69 Å². The quantitative estimate of drug-likeness (QED) is 0.700. The molecule has 0 unspecified atom stereocenters. The van der Waals surface area contributed by atoms with Crippen LogP contribution in [0.1, 0.15) is 11.1 Å². The predicted molar refractivity (Wildman–Crippen MR) is 94.3 cm³/mol. The van der Waals surface area contributed by atoms with Crippen molar-refractivity contribution < 1.29 is 4.39 Å². The number of hydrogen-bond acceptors (Lipinski definition) is 2. The zero-order valence-electron chi connectivity index (χ0n) is 13.0. The van der Waals surface area contributed by atoms with E-state index in [2.05, 4.69) is 6.07 Å². The average molecular weight is 306 g/mol. The van der Waals surface area contributed by atoms with Gasteiger partial charge < -0.3 is 11.5 Å². The van der Waals surface area contributed by atoms with Crippen LogP contribution in [-0.2, 0) is 6.54 Å². The van der Waals surface area contributed by atoms with E-state index in [-0.39, 0.29) is 5.82 Å². The topological polar surface area (TPSA) is 52.0 Å². The lowest BCUT2D eigenvalue weighted by Crippen LogP contribution is -2.01. The lowest BCUT2D eigenvalue weighted by atomic mass is 9.92. The molecule has 4 N–H and O–H groups in total. The van der Waals surface area contributed by atoms with Crippen LogP contribution in [0.4, 0.5) is 10.1 Å². The van der Waals surface area contributed by atoms with E-state index in [1.807, 2.05) is 48.5 Å². The summed E-state index contributed by atoms with van der Waals surface area (Å²) in [5.74, 6) is -0.191. The Morgan fingerprint density at radius 3 is 2.09 bits per heavy atom. The Morgan fingerprint density at radius 1 is 0.870 bits per heavy atom. The first-order chi connectivity index (χ1) is 11.1. The molecule has 2 nitrogen and oxygen atoms in total. The molecule has 0 heterocycles. The van der Waals surface area contributed by atoms with E-state index >= 15 is 0 Å². The van der Waals surface area contributed by atoms with Gasteiger partial charge in [0.2, 0.25) is 0 Å². The Balaban J connectivity index is 2.16. The first kappa shape index (κ1) is 15.3. The molecular formula is C20H19FN2. The minimum Gasteiger partial charge on any atom is -0.398 e. The Labute approximate surface area is 135 Å². The van der Waals surface area contributed by atoms with Gasteiger partial charge in [-0.1, -0.05) is 36.4 Å². The molecule has 0 fully saturated rings. The molecule has 0 atom stereocenters. The fourth-order valence-corrected chi connectivity index (χ4v) is 2.75. The average Bonchev–Trinajstić information content (AvgIpc) is 2.58. The third-order valence-corrected chi connectivity index (χ3v) is 4.07. The van der Waals surface area contributed by atoms with Crippen LogP contribution in [0, 0.1) is 12.7 Å². The van der Waals surface area contributed by atoms with Gasteiger partial charge in [-0.05, 0) is 64.6 Å². The van der Waals surface area contributed by atoms with Crippen molar-refractivity contribution in [2.24, 2.45) is 5.73 Å². The standard InChI is InChI=1S/C20H19FN2/c1-13-10-14(6-8-19(13)21)17-4-2-3-5-18(17)15-7-9-20(23)16(11-15)12-22/h2-11H,12,22-23H2,1H3. The van der Waals surface area contributed by atoms with Gasteiger partial charge in [-0.3, -0.25) is 0 Å². The molecule has 0 amide bonds. The summed E-state index contributed by atoms with van der Waals surface area (Å²) in [6, 6.07) is 19.2. The first-order valence-corrected chi connectivity index (χ1v) is 7.54. The smallest absolute Gasteiger partial charge is 0.126 e. The van der Waals surface area contributed by atoms with Gasteiger partial charge in [-0.25, -0.2) is 4.39 Å². The summed E-state index contributed by atoms with van der Waals surface area (Å²) in [5, 5.41) is 0. The van der Waals surface area contributed by atoms with Crippen LogP contribution < -0.4 is 11.5 Å². The summed E-state index contributed by atoms with van der Waals surface area (Å²) in [7, 11) is 0. The van der Waals surface area contributed by atoms with E-state index in [9.17, 15) is 4.39 Å². The van der Waals surface area contributed by atoms with E-state index in [0.717, 1.165) is 27.8 Å². The Morgan fingerprint density at radius 2 is 1.48 bits per heavy atom. The van der Waals surface area contributed by atoms with Crippen LogP contribution >= 0.6 is 0 Å². The van der Waals surface area contributed by atoms with E-state index in [0.29, 0.717) is 17.8 Å². The normalized spacial score (nSPS) is 10.7. The Hall–Kier alpha value is -2.65. The number of halogens is 1. The third-order valence-electron chi connectivity index (χ3n) is 4.07. The molecular weight excluding hydrogens is 287 g/mol. The molecule has 3 rings (SSSR count). The van der Waals surface area contributed by atoms with Crippen LogP contribution in [-0.4, -0.2) is 0 Å². The molecule has 0 aliphatic rings. The number of rotatable bonds is 3. The van der Waals surface area contributed by atoms with Crippen LogP contribution in [0.2, 0.25) is 0 Å². The molecule has 0 saturated heterocycles. The fraction of sp³-hybridized carbons (Fsp3) is 0.100. The molecule has 3 heteroatoms. The van der Waals surface area contributed by atoms with Gasteiger partial charge in [0.05, 0.1) is 0 Å². The van der Waals surface area contributed by atoms with Gasteiger partial charge in [0.15, 0.2) is 0 Å². The summed E-state index contributed by atoms with van der Waals surface area (Å²) < 4.78 is 13.6. The lowest BCUT2D eigenvalue weighted by Gasteiger charge is -2.13. The second-order valence-corrected chi connectivity index (χ2v) is 5.63. The van der Waals surface area contributed by atoms with Gasteiger partial charge in [0.25, 0.3) is 0 Å². The van der Waals surface area contributed by atoms with Gasteiger partial charge in [-0.15, -0.1) is 0 Å². The van der Waals surface area contributed by atoms with Crippen LogP contribution in [0.25, 0.3) is 22.3 Å². The highest BCUT2D eigenvalue weighted by atomic mass is 19.1. The van der Waals surface area contributed by atoms with E-state index in [1.54, 1.807) is 6.92 Å². The maximum atomic E-state index is 13.6. The van der Waals surface area contributed by atoms with Crippen molar-refractivity contribution in [3.8, 4) is 22.3 Å². The van der Waals surface area contributed by atoms with E-state index in [4.69, 9.17) is 11.5 Å². The minimum atomic E-state index is -0.191. The van der Waals surface area contributed by atoms with Crippen molar-refractivity contribution in [2.75, 3.05) is 5.73 Å². The lowest BCUT2D eigenvalue weighted by molar-refractivity contribution is 0.619. The van der Waals surface area contributed by atoms with Crippen LogP contribution in [0.15, 0.2) is 60.7 Å². The molecule has 0 radical (unpaired) electrons. The molecule has 0 aliphatic carbocycles. The van der Waals surface area contributed by atoms with Gasteiger partial charge in [0, 0.05) is 12.2 Å². The van der Waals surface area contributed by atoms with Gasteiger partial charge in [0.1, 0.15) is 5.82 Å². The molecule has 0 bridgehead atoms. The second kappa shape index (κ2) is 6.23. The maximum Gasteiger partial charge on any atom is 0.126 e. The summed E-state index contributed by atoms with van der Waals surface area (Å²) in [6.07, 6.45) is 0. The van der Waals surface area contributed by atoms with Crippen molar-refractivity contribution in [3.05, 3.63) is 77.6 Å². The summed E-state index contributed by atoms with van der Waals surface area (Å²) >= 11 is 0. The number of nitrogen functional groups attached to an aromatic ring is 1. The largest absolute Gasteiger partial charge is 0.398 e. The molecule has 0 aliphatic heterocycles. The minimum absolute atomic E-state index is 0.191. The van der Waals surface area contributed by atoms with E-state index in [1.165, 1.54) is 6.07 Å². The highest BCUT2D eigenvalue weighted by molar-refractivity contribution is 5.84. The zero-order valence-corrected chi connectivity index (χ0v) is 13.0. The third kappa shape index (κ3) is 2.96. The number of benzene rings is 3. The summed E-state index contributed by atoms with van der Waals surface area (Å²) in [6.45, 7) is 2.18. The Kier molecular flexibility index (Phi) is 4.13. The molecule has 23 heavy (non-hydrogen) atoms. The monoisotopic (exact) mass is 306 g/mol. The van der Waals surface area contributed by atoms with Crippen molar-refractivity contribution in [2.45, 2.75) is 13.5 Å². The first-order valence-electron chi connectivity index (χ1n) is 7.54. The van der Waals surface area contributed by atoms with Crippen LogP contribution in [0.5, 0.6) is 0 Å².